The van der Waals surface area contributed by atoms with Crippen LogP contribution in [-0.2, 0) is 16.1 Å². The maximum absolute atomic E-state index is 13.6. The molecule has 9 nitrogen and oxygen atoms in total. The lowest BCUT2D eigenvalue weighted by Crippen LogP contribution is -2.37. The van der Waals surface area contributed by atoms with Crippen molar-refractivity contribution in [1.29, 1.82) is 0 Å². The van der Waals surface area contributed by atoms with E-state index in [0.29, 0.717) is 25.3 Å². The number of carbonyl (C=O) groups is 2. The van der Waals surface area contributed by atoms with Crippen LogP contribution in [0.5, 0.6) is 23.0 Å². The fourth-order valence-electron chi connectivity index (χ4n) is 3.72. The molecule has 2 N–H and O–H groups in total. The molecule has 0 bridgehead atoms. The highest BCUT2D eigenvalue weighted by atomic mass is 16.5. The Labute approximate surface area is 193 Å². The predicted molar refractivity (Wildman–Crippen MR) is 121 cm³/mol. The number of nitrogens with two attached hydrogens (primary N) is 1. The highest BCUT2D eigenvalue weighted by Crippen LogP contribution is 2.39. The van der Waals surface area contributed by atoms with E-state index in [-0.39, 0.29) is 35.9 Å². The van der Waals surface area contributed by atoms with Crippen molar-refractivity contribution in [2.45, 2.75) is 25.5 Å². The number of rotatable bonds is 11. The number of hydrogen-bond donors (Lipinski definition) is 1. The summed E-state index contributed by atoms with van der Waals surface area (Å²) in [7, 11) is 4.50. The Morgan fingerprint density at radius 1 is 1.09 bits per heavy atom. The summed E-state index contributed by atoms with van der Waals surface area (Å²) in [6.07, 6.45) is 1.84. The second-order valence-corrected chi connectivity index (χ2v) is 7.64. The summed E-state index contributed by atoms with van der Waals surface area (Å²) in [4.78, 5) is 26.5. The normalized spacial score (nSPS) is 15.1. The van der Waals surface area contributed by atoms with Gasteiger partial charge >= 0.3 is 0 Å². The van der Waals surface area contributed by atoms with E-state index >= 15 is 0 Å². The van der Waals surface area contributed by atoms with Crippen molar-refractivity contribution in [3.8, 4) is 23.0 Å². The Morgan fingerprint density at radius 3 is 2.39 bits per heavy atom. The molecule has 1 atom stereocenters. The SMILES string of the molecule is COc1cccc(CN(CC2CCCO2)C(=O)c2cc(OC)c(OCC(N)=O)c(OC)c2)c1. The van der Waals surface area contributed by atoms with Gasteiger partial charge in [-0.1, -0.05) is 12.1 Å². The van der Waals surface area contributed by atoms with Crippen LogP contribution in [0.15, 0.2) is 36.4 Å². The van der Waals surface area contributed by atoms with E-state index < -0.39 is 5.91 Å². The summed E-state index contributed by atoms with van der Waals surface area (Å²) < 4.78 is 27.4. The Balaban J connectivity index is 1.92. The van der Waals surface area contributed by atoms with E-state index in [1.807, 2.05) is 24.3 Å². The lowest BCUT2D eigenvalue weighted by Gasteiger charge is -2.26. The molecule has 178 valence electrons. The van der Waals surface area contributed by atoms with Gasteiger partial charge in [0, 0.05) is 25.3 Å². The molecule has 0 aromatic heterocycles. The molecule has 1 fully saturated rings. The maximum atomic E-state index is 13.6. The number of amides is 2. The molecule has 2 aromatic carbocycles. The molecule has 0 radical (unpaired) electrons. The number of hydrogen-bond acceptors (Lipinski definition) is 7. The minimum absolute atomic E-state index is 0.0264. The van der Waals surface area contributed by atoms with Crippen LogP contribution in [0.1, 0.15) is 28.8 Å². The van der Waals surface area contributed by atoms with Gasteiger partial charge in [0.25, 0.3) is 11.8 Å². The summed E-state index contributed by atoms with van der Waals surface area (Å²) >= 11 is 0. The third kappa shape index (κ3) is 6.29. The quantitative estimate of drug-likeness (QED) is 0.551. The van der Waals surface area contributed by atoms with E-state index in [2.05, 4.69) is 0 Å². The van der Waals surface area contributed by atoms with Crippen molar-refractivity contribution >= 4 is 11.8 Å². The first-order valence-corrected chi connectivity index (χ1v) is 10.7. The Morgan fingerprint density at radius 2 is 1.82 bits per heavy atom. The zero-order chi connectivity index (χ0) is 23.8. The van der Waals surface area contributed by atoms with Gasteiger partial charge in [0.15, 0.2) is 18.1 Å². The van der Waals surface area contributed by atoms with E-state index in [9.17, 15) is 9.59 Å². The standard InChI is InChI=1S/C24H30N2O7/c1-29-18-7-4-6-16(10-18)13-26(14-19-8-5-9-32-19)24(28)17-11-20(30-2)23(21(12-17)31-3)33-15-22(25)27/h4,6-7,10-12,19H,5,8-9,13-15H2,1-3H3,(H2,25,27). The highest BCUT2D eigenvalue weighted by molar-refractivity contribution is 5.95. The number of benzene rings is 2. The summed E-state index contributed by atoms with van der Waals surface area (Å²) in [5.41, 5.74) is 6.47. The van der Waals surface area contributed by atoms with Crippen LogP contribution in [0.4, 0.5) is 0 Å². The molecule has 1 aliphatic rings. The molecule has 1 saturated heterocycles. The van der Waals surface area contributed by atoms with Crippen molar-refractivity contribution in [1.82, 2.24) is 4.90 Å². The summed E-state index contributed by atoms with van der Waals surface area (Å²) in [6, 6.07) is 10.7. The molecule has 1 unspecified atom stereocenters. The fourth-order valence-corrected chi connectivity index (χ4v) is 3.72. The predicted octanol–water partition coefficient (Wildman–Crippen LogP) is 2.40. The molecule has 0 aliphatic carbocycles. The fraction of sp³-hybridized carbons (Fsp3) is 0.417. The molecule has 3 rings (SSSR count). The summed E-state index contributed by atoms with van der Waals surface area (Å²) in [5.74, 6) is 0.589. The molecular weight excluding hydrogens is 428 g/mol. The molecule has 0 spiro atoms. The van der Waals surface area contributed by atoms with Crippen molar-refractivity contribution in [3.63, 3.8) is 0 Å². The van der Waals surface area contributed by atoms with Crippen LogP contribution >= 0.6 is 0 Å². The van der Waals surface area contributed by atoms with Crippen molar-refractivity contribution in [3.05, 3.63) is 47.5 Å². The zero-order valence-electron chi connectivity index (χ0n) is 19.2. The topological polar surface area (TPSA) is 110 Å². The van der Waals surface area contributed by atoms with Crippen molar-refractivity contribution in [2.75, 3.05) is 41.1 Å². The number of primary amides is 1. The maximum Gasteiger partial charge on any atom is 0.255 e. The first-order chi connectivity index (χ1) is 15.9. The molecule has 1 aliphatic heterocycles. The van der Waals surface area contributed by atoms with Gasteiger partial charge in [-0.3, -0.25) is 9.59 Å². The third-order valence-corrected chi connectivity index (χ3v) is 5.31. The first kappa shape index (κ1) is 24.2. The Hall–Kier alpha value is -3.46. The first-order valence-electron chi connectivity index (χ1n) is 10.7. The van der Waals surface area contributed by atoms with Gasteiger partial charge in [-0.05, 0) is 42.7 Å². The van der Waals surface area contributed by atoms with E-state index in [1.165, 1.54) is 14.2 Å². The highest BCUT2D eigenvalue weighted by Gasteiger charge is 2.26. The van der Waals surface area contributed by atoms with Gasteiger partial charge in [-0.2, -0.15) is 0 Å². The summed E-state index contributed by atoms with van der Waals surface area (Å²) in [6.45, 7) is 1.17. The molecule has 0 saturated carbocycles. The minimum Gasteiger partial charge on any atom is -0.497 e. The van der Waals surface area contributed by atoms with Crippen LogP contribution in [-0.4, -0.2) is 63.9 Å². The second kappa shape index (κ2) is 11.4. The Kier molecular flexibility index (Phi) is 8.37. The number of ether oxygens (including phenoxy) is 5. The van der Waals surface area contributed by atoms with Crippen molar-refractivity contribution in [2.24, 2.45) is 5.73 Å². The van der Waals surface area contributed by atoms with Crippen molar-refractivity contribution < 1.29 is 33.3 Å². The lowest BCUT2D eigenvalue weighted by atomic mass is 10.1. The molecule has 2 amide bonds. The van der Waals surface area contributed by atoms with Crippen LogP contribution in [0.25, 0.3) is 0 Å². The third-order valence-electron chi connectivity index (χ3n) is 5.31. The monoisotopic (exact) mass is 458 g/mol. The van der Waals surface area contributed by atoms with E-state index in [4.69, 9.17) is 29.4 Å². The van der Waals surface area contributed by atoms with E-state index in [0.717, 1.165) is 24.2 Å². The number of methoxy groups -OCH3 is 3. The molecule has 1 heterocycles. The number of carbonyl (C=O) groups excluding carboxylic acids is 2. The van der Waals surface area contributed by atoms with Crippen LogP contribution in [0.3, 0.4) is 0 Å². The average molecular weight is 459 g/mol. The molecular formula is C24H30N2O7. The lowest BCUT2D eigenvalue weighted by molar-refractivity contribution is -0.120. The van der Waals surface area contributed by atoms with Gasteiger partial charge in [0.1, 0.15) is 5.75 Å². The van der Waals surface area contributed by atoms with E-state index in [1.54, 1.807) is 24.1 Å². The average Bonchev–Trinajstić information content (AvgIpc) is 3.34. The van der Waals surface area contributed by atoms with Crippen LogP contribution in [0.2, 0.25) is 0 Å². The molecule has 2 aromatic rings. The van der Waals surface area contributed by atoms with Gasteiger partial charge in [0.05, 0.1) is 27.4 Å². The van der Waals surface area contributed by atoms with Crippen LogP contribution in [0, 0.1) is 0 Å². The van der Waals surface area contributed by atoms with Crippen LogP contribution < -0.4 is 24.7 Å². The zero-order valence-corrected chi connectivity index (χ0v) is 19.2. The van der Waals surface area contributed by atoms with Gasteiger partial charge in [-0.25, -0.2) is 0 Å². The van der Waals surface area contributed by atoms with Gasteiger partial charge in [0.2, 0.25) is 5.75 Å². The molecule has 9 heteroatoms. The summed E-state index contributed by atoms with van der Waals surface area (Å²) in [5, 5.41) is 0. The van der Waals surface area contributed by atoms with Gasteiger partial charge < -0.3 is 34.3 Å². The second-order valence-electron chi connectivity index (χ2n) is 7.64. The largest absolute Gasteiger partial charge is 0.497 e. The minimum atomic E-state index is -0.639. The molecule has 33 heavy (non-hydrogen) atoms. The smallest absolute Gasteiger partial charge is 0.255 e. The number of nitrogens with zero attached hydrogens (tertiary/aromatic N) is 1. The Bertz CT molecular complexity index is 948. The van der Waals surface area contributed by atoms with Gasteiger partial charge in [-0.15, -0.1) is 0 Å².